The van der Waals surface area contributed by atoms with Crippen molar-refractivity contribution in [2.75, 3.05) is 13.1 Å². The fourth-order valence-electron chi connectivity index (χ4n) is 2.11. The highest BCUT2D eigenvalue weighted by atomic mass is 15.2. The lowest BCUT2D eigenvalue weighted by molar-refractivity contribution is 0.164. The Hall–Kier alpha value is -0.300. The van der Waals surface area contributed by atoms with Gasteiger partial charge in [-0.3, -0.25) is 4.90 Å². The highest BCUT2D eigenvalue weighted by Crippen LogP contribution is 2.16. The number of rotatable bonds is 3. The van der Waals surface area contributed by atoms with Gasteiger partial charge in [-0.25, -0.2) is 0 Å². The van der Waals surface area contributed by atoms with E-state index in [4.69, 9.17) is 0 Å². The Kier molecular flexibility index (Phi) is 3.80. The van der Waals surface area contributed by atoms with Crippen molar-refractivity contribution in [2.45, 2.75) is 39.7 Å². The zero-order valence-electron chi connectivity index (χ0n) is 8.59. The lowest BCUT2D eigenvalue weighted by Gasteiger charge is -2.34. The minimum atomic E-state index is 0.787. The summed E-state index contributed by atoms with van der Waals surface area (Å²) in [6.07, 6.45) is 7.12. The molecule has 0 fully saturated rings. The van der Waals surface area contributed by atoms with Gasteiger partial charge in [0.2, 0.25) is 0 Å². The lowest BCUT2D eigenvalue weighted by Crippen LogP contribution is -2.40. The SMILES string of the molecule is CCC(C(C)C)N1CC=CCC1. The second kappa shape index (κ2) is 4.66. The van der Waals surface area contributed by atoms with Gasteiger partial charge in [-0.2, -0.15) is 0 Å². The van der Waals surface area contributed by atoms with E-state index in [2.05, 4.69) is 37.8 Å². The molecule has 0 saturated heterocycles. The minimum absolute atomic E-state index is 0.787. The van der Waals surface area contributed by atoms with Crippen molar-refractivity contribution in [3.63, 3.8) is 0 Å². The summed E-state index contributed by atoms with van der Waals surface area (Å²) in [6.45, 7) is 9.37. The third kappa shape index (κ3) is 2.34. The smallest absolute Gasteiger partial charge is 0.0166 e. The van der Waals surface area contributed by atoms with Gasteiger partial charge < -0.3 is 0 Å². The molecule has 1 aliphatic heterocycles. The lowest BCUT2D eigenvalue weighted by atomic mass is 9.99. The largest absolute Gasteiger partial charge is 0.296 e. The Morgan fingerprint density at radius 1 is 1.33 bits per heavy atom. The van der Waals surface area contributed by atoms with E-state index < -0.39 is 0 Å². The average Bonchev–Trinajstić information content (AvgIpc) is 2.07. The van der Waals surface area contributed by atoms with Crippen LogP contribution in [0.25, 0.3) is 0 Å². The van der Waals surface area contributed by atoms with Gasteiger partial charge in [0, 0.05) is 19.1 Å². The Morgan fingerprint density at radius 3 is 2.50 bits per heavy atom. The molecular formula is C11H21N. The summed E-state index contributed by atoms with van der Waals surface area (Å²) in [7, 11) is 0. The van der Waals surface area contributed by atoms with E-state index >= 15 is 0 Å². The summed E-state index contributed by atoms with van der Waals surface area (Å²) in [5, 5.41) is 0. The van der Waals surface area contributed by atoms with Gasteiger partial charge in [0.1, 0.15) is 0 Å². The maximum atomic E-state index is 2.60. The standard InChI is InChI=1S/C11H21N/c1-4-11(10(2)3)12-8-6-5-7-9-12/h5-6,10-11H,4,7-9H2,1-3H3. The van der Waals surface area contributed by atoms with Crippen LogP contribution in [-0.4, -0.2) is 24.0 Å². The van der Waals surface area contributed by atoms with Gasteiger partial charge >= 0.3 is 0 Å². The quantitative estimate of drug-likeness (QED) is 0.584. The monoisotopic (exact) mass is 167 g/mol. The van der Waals surface area contributed by atoms with Gasteiger partial charge in [0.25, 0.3) is 0 Å². The van der Waals surface area contributed by atoms with Crippen LogP contribution < -0.4 is 0 Å². The third-order valence-electron chi connectivity index (χ3n) is 2.75. The zero-order chi connectivity index (χ0) is 8.97. The molecular weight excluding hydrogens is 146 g/mol. The van der Waals surface area contributed by atoms with E-state index in [-0.39, 0.29) is 0 Å². The third-order valence-corrected chi connectivity index (χ3v) is 2.75. The van der Waals surface area contributed by atoms with Crippen LogP contribution in [0.2, 0.25) is 0 Å². The first kappa shape index (κ1) is 9.79. The van der Waals surface area contributed by atoms with Crippen molar-refractivity contribution < 1.29 is 0 Å². The summed E-state index contributed by atoms with van der Waals surface area (Å²) in [4.78, 5) is 2.60. The van der Waals surface area contributed by atoms with E-state index in [1.165, 1.54) is 19.4 Å². The number of hydrogen-bond acceptors (Lipinski definition) is 1. The first-order valence-corrected chi connectivity index (χ1v) is 5.14. The van der Waals surface area contributed by atoms with Crippen molar-refractivity contribution in [3.8, 4) is 0 Å². The summed E-state index contributed by atoms with van der Waals surface area (Å²) < 4.78 is 0. The molecule has 0 bridgehead atoms. The van der Waals surface area contributed by atoms with Crippen LogP contribution in [0.3, 0.4) is 0 Å². The highest BCUT2D eigenvalue weighted by Gasteiger charge is 2.19. The summed E-state index contributed by atoms with van der Waals surface area (Å²) in [5.74, 6) is 0.793. The molecule has 0 N–H and O–H groups in total. The van der Waals surface area contributed by atoms with Gasteiger partial charge in [-0.05, 0) is 18.8 Å². The van der Waals surface area contributed by atoms with Crippen LogP contribution in [0.4, 0.5) is 0 Å². The molecule has 0 amide bonds. The molecule has 1 atom stereocenters. The Balaban J connectivity index is 2.47. The van der Waals surface area contributed by atoms with Crippen LogP contribution in [0.1, 0.15) is 33.6 Å². The van der Waals surface area contributed by atoms with Crippen molar-refractivity contribution >= 4 is 0 Å². The molecule has 1 rings (SSSR count). The van der Waals surface area contributed by atoms with Gasteiger partial charge in [-0.1, -0.05) is 32.9 Å². The zero-order valence-corrected chi connectivity index (χ0v) is 8.59. The summed E-state index contributed by atoms with van der Waals surface area (Å²) in [5.41, 5.74) is 0. The summed E-state index contributed by atoms with van der Waals surface area (Å²) in [6, 6.07) is 0.787. The fourth-order valence-corrected chi connectivity index (χ4v) is 2.11. The molecule has 0 aromatic heterocycles. The highest BCUT2D eigenvalue weighted by molar-refractivity contribution is 4.93. The molecule has 1 heterocycles. The first-order chi connectivity index (χ1) is 5.75. The van der Waals surface area contributed by atoms with Gasteiger partial charge in [0.15, 0.2) is 0 Å². The second-order valence-corrected chi connectivity index (χ2v) is 3.97. The Labute approximate surface area is 76.5 Å². The maximum absolute atomic E-state index is 2.60. The average molecular weight is 167 g/mol. The molecule has 0 aromatic rings. The Morgan fingerprint density at radius 2 is 2.08 bits per heavy atom. The molecule has 12 heavy (non-hydrogen) atoms. The predicted molar refractivity (Wildman–Crippen MR) is 54.2 cm³/mol. The molecule has 70 valence electrons. The van der Waals surface area contributed by atoms with Crippen LogP contribution in [0.5, 0.6) is 0 Å². The molecule has 1 unspecified atom stereocenters. The molecule has 0 aromatic carbocycles. The van der Waals surface area contributed by atoms with Crippen molar-refractivity contribution in [1.29, 1.82) is 0 Å². The van der Waals surface area contributed by atoms with Crippen LogP contribution in [0, 0.1) is 5.92 Å². The van der Waals surface area contributed by atoms with Crippen LogP contribution in [0.15, 0.2) is 12.2 Å². The molecule has 0 aliphatic carbocycles. The van der Waals surface area contributed by atoms with Crippen LogP contribution >= 0.6 is 0 Å². The molecule has 1 nitrogen and oxygen atoms in total. The topological polar surface area (TPSA) is 3.24 Å². The minimum Gasteiger partial charge on any atom is -0.296 e. The van der Waals surface area contributed by atoms with E-state index in [9.17, 15) is 0 Å². The number of nitrogens with zero attached hydrogens (tertiary/aromatic N) is 1. The normalized spacial score (nSPS) is 21.7. The number of hydrogen-bond donors (Lipinski definition) is 0. The maximum Gasteiger partial charge on any atom is 0.0166 e. The molecule has 1 heteroatoms. The fraction of sp³-hybridized carbons (Fsp3) is 0.818. The van der Waals surface area contributed by atoms with E-state index in [0.717, 1.165) is 18.5 Å². The molecule has 0 radical (unpaired) electrons. The van der Waals surface area contributed by atoms with Crippen molar-refractivity contribution in [3.05, 3.63) is 12.2 Å². The van der Waals surface area contributed by atoms with Crippen molar-refractivity contribution in [2.24, 2.45) is 5.92 Å². The van der Waals surface area contributed by atoms with E-state index in [1.807, 2.05) is 0 Å². The van der Waals surface area contributed by atoms with E-state index in [0.29, 0.717) is 0 Å². The van der Waals surface area contributed by atoms with E-state index in [1.54, 1.807) is 0 Å². The summed E-state index contributed by atoms with van der Waals surface area (Å²) >= 11 is 0. The molecule has 0 spiro atoms. The van der Waals surface area contributed by atoms with Gasteiger partial charge in [-0.15, -0.1) is 0 Å². The first-order valence-electron chi connectivity index (χ1n) is 5.14. The van der Waals surface area contributed by atoms with Crippen LogP contribution in [-0.2, 0) is 0 Å². The van der Waals surface area contributed by atoms with Gasteiger partial charge in [0.05, 0.1) is 0 Å². The molecule has 0 saturated carbocycles. The Bertz CT molecular complexity index is 149. The van der Waals surface area contributed by atoms with Crippen molar-refractivity contribution in [1.82, 2.24) is 4.90 Å². The predicted octanol–water partition coefficient (Wildman–Crippen LogP) is 2.68. The second-order valence-electron chi connectivity index (χ2n) is 3.97. The molecule has 1 aliphatic rings.